The van der Waals surface area contributed by atoms with Crippen LogP contribution in [0.1, 0.15) is 23.0 Å². The molecule has 0 aliphatic carbocycles. The summed E-state index contributed by atoms with van der Waals surface area (Å²) in [5.74, 6) is -0.0167. The molecule has 20 heavy (non-hydrogen) atoms. The minimum Gasteiger partial charge on any atom is -0.464 e. The first-order valence-electron chi connectivity index (χ1n) is 5.69. The average molecular weight is 304 g/mol. The van der Waals surface area contributed by atoms with E-state index in [0.717, 1.165) is 12.1 Å². The molecule has 4 nitrogen and oxygen atoms in total. The van der Waals surface area contributed by atoms with Crippen LogP contribution < -0.4 is 0 Å². The normalized spacial score (nSPS) is 11.8. The molecule has 0 saturated carbocycles. The SMILES string of the molecule is CCSc1c(C(=O)OC)nc2cc(C(F)(F)F)ccn12. The number of rotatable bonds is 3. The molecule has 0 N–H and O–H groups in total. The quantitative estimate of drug-likeness (QED) is 0.645. The van der Waals surface area contributed by atoms with Crippen molar-refractivity contribution in [3.63, 3.8) is 0 Å². The fourth-order valence-electron chi connectivity index (χ4n) is 1.70. The number of methoxy groups -OCH3 is 1. The fraction of sp³-hybridized carbons (Fsp3) is 0.333. The molecule has 0 atom stereocenters. The zero-order valence-electron chi connectivity index (χ0n) is 10.7. The van der Waals surface area contributed by atoms with Gasteiger partial charge in [-0.05, 0) is 17.9 Å². The minimum absolute atomic E-state index is 0.0266. The number of esters is 1. The van der Waals surface area contributed by atoms with Crippen molar-refractivity contribution in [3.05, 3.63) is 29.6 Å². The van der Waals surface area contributed by atoms with Gasteiger partial charge in [0.1, 0.15) is 10.7 Å². The number of carbonyl (C=O) groups is 1. The number of hydrogen-bond donors (Lipinski definition) is 0. The molecule has 0 radical (unpaired) electrons. The second-order valence-electron chi connectivity index (χ2n) is 3.83. The van der Waals surface area contributed by atoms with Gasteiger partial charge < -0.3 is 4.74 Å². The average Bonchev–Trinajstić information content (AvgIpc) is 2.75. The second-order valence-corrected chi connectivity index (χ2v) is 5.08. The third-order valence-corrected chi connectivity index (χ3v) is 3.52. The van der Waals surface area contributed by atoms with Crippen LogP contribution in [-0.2, 0) is 10.9 Å². The van der Waals surface area contributed by atoms with E-state index in [1.165, 1.54) is 29.5 Å². The Kier molecular flexibility index (Phi) is 3.94. The lowest BCUT2D eigenvalue weighted by molar-refractivity contribution is -0.137. The van der Waals surface area contributed by atoms with Gasteiger partial charge in [0.25, 0.3) is 0 Å². The van der Waals surface area contributed by atoms with E-state index in [2.05, 4.69) is 9.72 Å². The number of imidazole rings is 1. The van der Waals surface area contributed by atoms with Crippen molar-refractivity contribution in [1.82, 2.24) is 9.38 Å². The third kappa shape index (κ3) is 2.60. The van der Waals surface area contributed by atoms with Crippen molar-refractivity contribution in [2.24, 2.45) is 0 Å². The summed E-state index contributed by atoms with van der Waals surface area (Å²) in [5, 5.41) is 0.475. The molecular formula is C12H11F3N2O2S. The zero-order valence-corrected chi connectivity index (χ0v) is 11.5. The number of aromatic nitrogens is 2. The van der Waals surface area contributed by atoms with E-state index in [-0.39, 0.29) is 11.3 Å². The van der Waals surface area contributed by atoms with Crippen LogP contribution in [0.5, 0.6) is 0 Å². The summed E-state index contributed by atoms with van der Waals surface area (Å²) in [4.78, 5) is 15.6. The molecule has 0 bridgehead atoms. The maximum absolute atomic E-state index is 12.7. The van der Waals surface area contributed by atoms with E-state index in [1.54, 1.807) is 0 Å². The number of pyridine rings is 1. The molecule has 2 heterocycles. The lowest BCUT2D eigenvalue weighted by atomic mass is 10.2. The highest BCUT2D eigenvalue weighted by Gasteiger charge is 2.31. The number of alkyl halides is 3. The number of fused-ring (bicyclic) bond motifs is 1. The summed E-state index contributed by atoms with van der Waals surface area (Å²) in [5.41, 5.74) is -0.714. The fourth-order valence-corrected chi connectivity index (χ4v) is 2.54. The standard InChI is InChI=1S/C12H11F3N2O2S/c1-3-20-10-9(11(18)19-2)16-8-6-7(12(13,14)15)4-5-17(8)10/h4-6H,3H2,1-2H3. The van der Waals surface area contributed by atoms with E-state index in [0.29, 0.717) is 10.8 Å². The number of halogens is 3. The van der Waals surface area contributed by atoms with Crippen molar-refractivity contribution in [2.75, 3.05) is 12.9 Å². The van der Waals surface area contributed by atoms with Gasteiger partial charge >= 0.3 is 12.1 Å². The third-order valence-electron chi connectivity index (χ3n) is 2.57. The molecule has 0 aliphatic rings. The molecule has 2 aromatic heterocycles. The van der Waals surface area contributed by atoms with Crippen LogP contribution in [0.2, 0.25) is 0 Å². The first-order chi connectivity index (χ1) is 9.38. The Bertz CT molecular complexity index is 652. The molecule has 2 rings (SSSR count). The number of ether oxygens (including phenoxy) is 1. The van der Waals surface area contributed by atoms with Gasteiger partial charge in [0.15, 0.2) is 5.69 Å². The lowest BCUT2D eigenvalue weighted by Crippen LogP contribution is -2.05. The van der Waals surface area contributed by atoms with Gasteiger partial charge in [-0.15, -0.1) is 11.8 Å². The molecule has 0 fully saturated rings. The summed E-state index contributed by atoms with van der Waals surface area (Å²) in [6, 6.07) is 1.86. The lowest BCUT2D eigenvalue weighted by Gasteiger charge is -2.07. The molecule has 108 valence electrons. The number of carbonyl (C=O) groups excluding carboxylic acids is 1. The highest BCUT2D eigenvalue weighted by molar-refractivity contribution is 7.99. The molecule has 0 unspecified atom stereocenters. The van der Waals surface area contributed by atoms with Gasteiger partial charge in [-0.1, -0.05) is 6.92 Å². The van der Waals surface area contributed by atoms with Crippen molar-refractivity contribution < 1.29 is 22.7 Å². The predicted molar refractivity (Wildman–Crippen MR) is 67.9 cm³/mol. The van der Waals surface area contributed by atoms with Crippen LogP contribution in [0.25, 0.3) is 5.65 Å². The monoisotopic (exact) mass is 304 g/mol. The van der Waals surface area contributed by atoms with E-state index >= 15 is 0 Å². The second kappa shape index (κ2) is 5.35. The van der Waals surface area contributed by atoms with Crippen molar-refractivity contribution in [1.29, 1.82) is 0 Å². The van der Waals surface area contributed by atoms with Crippen LogP contribution >= 0.6 is 11.8 Å². The van der Waals surface area contributed by atoms with Crippen LogP contribution in [0, 0.1) is 0 Å². The van der Waals surface area contributed by atoms with Gasteiger partial charge in [0.2, 0.25) is 0 Å². The Morgan fingerprint density at radius 2 is 2.20 bits per heavy atom. The molecule has 0 saturated heterocycles. The van der Waals surface area contributed by atoms with Crippen LogP contribution in [0.3, 0.4) is 0 Å². The van der Waals surface area contributed by atoms with E-state index < -0.39 is 17.7 Å². The largest absolute Gasteiger partial charge is 0.464 e. The predicted octanol–water partition coefficient (Wildman–Crippen LogP) is 3.25. The minimum atomic E-state index is -4.45. The van der Waals surface area contributed by atoms with Gasteiger partial charge in [-0.2, -0.15) is 13.2 Å². The van der Waals surface area contributed by atoms with Crippen LogP contribution in [-0.4, -0.2) is 28.2 Å². The Balaban J connectivity index is 2.64. The summed E-state index contributed by atoms with van der Waals surface area (Å²) < 4.78 is 44.0. The molecule has 0 aromatic carbocycles. The highest BCUT2D eigenvalue weighted by atomic mass is 32.2. The Morgan fingerprint density at radius 1 is 1.50 bits per heavy atom. The van der Waals surface area contributed by atoms with Crippen molar-refractivity contribution in [3.8, 4) is 0 Å². The molecular weight excluding hydrogens is 293 g/mol. The summed E-state index contributed by atoms with van der Waals surface area (Å²) in [7, 11) is 1.20. The molecule has 2 aromatic rings. The summed E-state index contributed by atoms with van der Waals surface area (Å²) >= 11 is 1.31. The number of hydrogen-bond acceptors (Lipinski definition) is 4. The zero-order chi connectivity index (χ0) is 14.9. The smallest absolute Gasteiger partial charge is 0.416 e. The molecule has 0 spiro atoms. The maximum atomic E-state index is 12.7. The topological polar surface area (TPSA) is 43.6 Å². The number of thioether (sulfide) groups is 1. The van der Waals surface area contributed by atoms with Gasteiger partial charge in [-0.3, -0.25) is 4.40 Å². The van der Waals surface area contributed by atoms with Crippen molar-refractivity contribution in [2.45, 2.75) is 18.1 Å². The number of nitrogens with zero attached hydrogens (tertiary/aromatic N) is 2. The van der Waals surface area contributed by atoms with E-state index in [9.17, 15) is 18.0 Å². The summed E-state index contributed by atoms with van der Waals surface area (Å²) in [6.45, 7) is 1.87. The van der Waals surface area contributed by atoms with Crippen LogP contribution in [0.4, 0.5) is 13.2 Å². The first-order valence-corrected chi connectivity index (χ1v) is 6.67. The van der Waals surface area contributed by atoms with Gasteiger partial charge in [0, 0.05) is 6.20 Å². The summed E-state index contributed by atoms with van der Waals surface area (Å²) in [6.07, 6.45) is -3.19. The van der Waals surface area contributed by atoms with E-state index in [1.807, 2.05) is 6.92 Å². The van der Waals surface area contributed by atoms with Gasteiger partial charge in [0.05, 0.1) is 12.7 Å². The Labute approximate surface area is 116 Å². The Morgan fingerprint density at radius 3 is 2.75 bits per heavy atom. The highest BCUT2D eigenvalue weighted by Crippen LogP contribution is 2.32. The van der Waals surface area contributed by atoms with Crippen LogP contribution in [0.15, 0.2) is 23.4 Å². The molecule has 0 aliphatic heterocycles. The van der Waals surface area contributed by atoms with E-state index in [4.69, 9.17) is 0 Å². The molecule has 0 amide bonds. The van der Waals surface area contributed by atoms with Crippen molar-refractivity contribution >= 4 is 23.4 Å². The molecule has 8 heteroatoms. The first kappa shape index (κ1) is 14.7. The maximum Gasteiger partial charge on any atom is 0.416 e. The Hall–Kier alpha value is -1.70. The van der Waals surface area contributed by atoms with Gasteiger partial charge in [-0.25, -0.2) is 9.78 Å².